The number of nitrogens with zero attached hydrogens (tertiary/aromatic N) is 7. The molecule has 158 valence electrons. The molecule has 31 heavy (non-hydrogen) atoms. The van der Waals surface area contributed by atoms with Crippen LogP contribution in [0.2, 0.25) is 0 Å². The normalized spacial score (nSPS) is 19.0. The Morgan fingerprint density at radius 1 is 1.19 bits per heavy atom. The first-order chi connectivity index (χ1) is 15.1. The lowest BCUT2D eigenvalue weighted by Gasteiger charge is -2.54. The molecule has 0 aliphatic carbocycles. The number of amides is 1. The number of aryl methyl sites for hydroxylation is 1. The Hall–Kier alpha value is -3.33. The topological polar surface area (TPSA) is 89.3 Å². The van der Waals surface area contributed by atoms with Gasteiger partial charge in [0.05, 0.1) is 30.5 Å². The lowest BCUT2D eigenvalue weighted by atomic mass is 9.78. The maximum atomic E-state index is 12.8. The summed E-state index contributed by atoms with van der Waals surface area (Å²) in [6.45, 7) is 6.53. The average Bonchev–Trinajstić information content (AvgIpc) is 3.25. The quantitative estimate of drug-likeness (QED) is 0.636. The Kier molecular flexibility index (Phi) is 4.07. The van der Waals surface area contributed by atoms with Crippen molar-refractivity contribution in [1.29, 1.82) is 0 Å². The predicted molar refractivity (Wildman–Crippen MR) is 112 cm³/mol. The monoisotopic (exact) mass is 417 g/mol. The molecule has 0 saturated carbocycles. The van der Waals surface area contributed by atoms with Gasteiger partial charge in [0.1, 0.15) is 0 Å². The molecule has 1 amide bonds. The maximum Gasteiger partial charge on any atom is 0.274 e. The first kappa shape index (κ1) is 18.4. The van der Waals surface area contributed by atoms with Gasteiger partial charge >= 0.3 is 0 Å². The van der Waals surface area contributed by atoms with E-state index in [-0.39, 0.29) is 11.3 Å². The molecule has 6 heterocycles. The van der Waals surface area contributed by atoms with Crippen molar-refractivity contribution < 1.29 is 9.53 Å². The third-order valence-corrected chi connectivity index (χ3v) is 6.43. The van der Waals surface area contributed by atoms with Gasteiger partial charge in [-0.1, -0.05) is 0 Å². The van der Waals surface area contributed by atoms with E-state index >= 15 is 0 Å². The highest BCUT2D eigenvalue weighted by atomic mass is 16.5. The first-order valence-corrected chi connectivity index (χ1v) is 10.5. The van der Waals surface area contributed by atoms with Crippen LogP contribution in [0, 0.1) is 12.3 Å². The summed E-state index contributed by atoms with van der Waals surface area (Å²) in [4.78, 5) is 21.4. The van der Waals surface area contributed by atoms with Crippen LogP contribution in [0.3, 0.4) is 0 Å². The summed E-state index contributed by atoms with van der Waals surface area (Å²) in [5.41, 5.74) is 4.78. The summed E-state index contributed by atoms with van der Waals surface area (Å²) in [6.07, 6.45) is 6.37. The molecule has 0 bridgehead atoms. The van der Waals surface area contributed by atoms with Crippen molar-refractivity contribution in [3.63, 3.8) is 0 Å². The predicted octanol–water partition coefficient (Wildman–Crippen LogP) is 1.40. The molecule has 0 atom stereocenters. The van der Waals surface area contributed by atoms with E-state index in [1.165, 1.54) is 0 Å². The second-order valence-corrected chi connectivity index (χ2v) is 8.81. The lowest BCUT2D eigenvalue weighted by Crippen LogP contribution is -2.67. The molecule has 0 radical (unpaired) electrons. The van der Waals surface area contributed by atoms with E-state index < -0.39 is 0 Å². The number of rotatable bonds is 3. The van der Waals surface area contributed by atoms with Gasteiger partial charge in [0.15, 0.2) is 11.5 Å². The fraction of sp³-hybridized carbons (Fsp3) is 0.409. The molecule has 0 N–H and O–H groups in total. The number of carbonyl (C=O) groups excluding carboxylic acids is 1. The van der Waals surface area contributed by atoms with Crippen molar-refractivity contribution in [2.75, 3.05) is 37.7 Å². The van der Waals surface area contributed by atoms with Crippen LogP contribution in [0.1, 0.15) is 27.3 Å². The van der Waals surface area contributed by atoms with Crippen LogP contribution in [0.15, 0.2) is 36.8 Å². The highest BCUT2D eigenvalue weighted by molar-refractivity contribution is 5.93. The summed E-state index contributed by atoms with van der Waals surface area (Å²) in [7, 11) is 0. The Morgan fingerprint density at radius 2 is 2.06 bits per heavy atom. The molecule has 3 aliphatic heterocycles. The van der Waals surface area contributed by atoms with E-state index in [4.69, 9.17) is 4.74 Å². The third-order valence-electron chi connectivity index (χ3n) is 6.43. The van der Waals surface area contributed by atoms with Crippen molar-refractivity contribution in [1.82, 2.24) is 29.9 Å². The molecular weight excluding hydrogens is 394 g/mol. The van der Waals surface area contributed by atoms with Gasteiger partial charge in [-0.05, 0) is 36.2 Å². The SMILES string of the molecule is Cc1cc(C(=O)N2CC3(COC3)C2)nnc1N1CCc2ncc(-n3cccn3)cc2C1. The van der Waals surface area contributed by atoms with E-state index in [1.54, 1.807) is 6.20 Å². The van der Waals surface area contributed by atoms with Crippen LogP contribution in [0.4, 0.5) is 5.82 Å². The molecule has 6 rings (SSSR count). The van der Waals surface area contributed by atoms with Gasteiger partial charge in [-0.15, -0.1) is 10.2 Å². The van der Waals surface area contributed by atoms with Crippen LogP contribution in [0.25, 0.3) is 5.69 Å². The van der Waals surface area contributed by atoms with Crippen molar-refractivity contribution >= 4 is 11.7 Å². The zero-order valence-electron chi connectivity index (χ0n) is 17.4. The summed E-state index contributed by atoms with van der Waals surface area (Å²) in [5.74, 6) is 0.774. The van der Waals surface area contributed by atoms with Gasteiger partial charge in [-0.3, -0.25) is 9.78 Å². The van der Waals surface area contributed by atoms with E-state index in [0.29, 0.717) is 12.2 Å². The van der Waals surface area contributed by atoms with Crippen molar-refractivity contribution in [2.45, 2.75) is 19.9 Å². The molecular formula is C22H23N7O2. The molecule has 1 spiro atoms. The Balaban J connectivity index is 1.20. The number of fused-ring (bicyclic) bond motifs is 1. The van der Waals surface area contributed by atoms with Crippen LogP contribution >= 0.6 is 0 Å². The number of ether oxygens (including phenoxy) is 1. The second kappa shape index (κ2) is 6.84. The second-order valence-electron chi connectivity index (χ2n) is 8.81. The Bertz CT molecular complexity index is 1150. The summed E-state index contributed by atoms with van der Waals surface area (Å²) in [5, 5.41) is 13.0. The number of pyridine rings is 1. The zero-order chi connectivity index (χ0) is 21.0. The van der Waals surface area contributed by atoms with Crippen LogP contribution in [0.5, 0.6) is 0 Å². The number of anilines is 1. The highest BCUT2D eigenvalue weighted by Gasteiger charge is 2.51. The first-order valence-electron chi connectivity index (χ1n) is 10.5. The van der Waals surface area contributed by atoms with Gasteiger partial charge in [-0.25, -0.2) is 4.68 Å². The van der Waals surface area contributed by atoms with E-state index in [9.17, 15) is 4.79 Å². The molecule has 0 unspecified atom stereocenters. The minimum atomic E-state index is -0.0447. The lowest BCUT2D eigenvalue weighted by molar-refractivity contribution is -0.176. The largest absolute Gasteiger partial charge is 0.380 e. The minimum Gasteiger partial charge on any atom is -0.380 e. The molecule has 9 heteroatoms. The van der Waals surface area contributed by atoms with Crippen LogP contribution < -0.4 is 4.90 Å². The fourth-order valence-corrected chi connectivity index (χ4v) is 4.68. The zero-order valence-corrected chi connectivity index (χ0v) is 17.4. The van der Waals surface area contributed by atoms with Crippen LogP contribution in [-0.4, -0.2) is 68.6 Å². The van der Waals surface area contributed by atoms with Crippen molar-refractivity contribution in [3.8, 4) is 5.69 Å². The maximum absolute atomic E-state index is 12.8. The smallest absolute Gasteiger partial charge is 0.274 e. The fourth-order valence-electron chi connectivity index (χ4n) is 4.68. The van der Waals surface area contributed by atoms with E-state index in [2.05, 4.69) is 31.2 Å². The summed E-state index contributed by atoms with van der Waals surface area (Å²) >= 11 is 0. The minimum absolute atomic E-state index is 0.0447. The van der Waals surface area contributed by atoms with E-state index in [1.807, 2.05) is 41.0 Å². The third kappa shape index (κ3) is 3.07. The molecule has 3 aromatic rings. The average molecular weight is 417 g/mol. The molecule has 2 fully saturated rings. The number of carbonyl (C=O) groups is 1. The summed E-state index contributed by atoms with van der Waals surface area (Å²) in [6, 6.07) is 5.89. The van der Waals surface area contributed by atoms with Gasteiger partial charge in [0.25, 0.3) is 5.91 Å². The number of hydrogen-bond acceptors (Lipinski definition) is 7. The molecule has 2 saturated heterocycles. The molecule has 3 aliphatic rings. The number of likely N-dealkylation sites (tertiary alicyclic amines) is 1. The van der Waals surface area contributed by atoms with Gasteiger partial charge in [0, 0.05) is 50.7 Å². The molecule has 9 nitrogen and oxygen atoms in total. The highest BCUT2D eigenvalue weighted by Crippen LogP contribution is 2.38. The molecule has 0 aromatic carbocycles. The Labute approximate surface area is 179 Å². The number of hydrogen-bond donors (Lipinski definition) is 0. The Morgan fingerprint density at radius 3 is 2.77 bits per heavy atom. The van der Waals surface area contributed by atoms with Crippen molar-refractivity contribution in [2.24, 2.45) is 5.41 Å². The van der Waals surface area contributed by atoms with Crippen molar-refractivity contribution in [3.05, 3.63) is 59.3 Å². The van der Waals surface area contributed by atoms with Gasteiger partial charge in [0.2, 0.25) is 0 Å². The standard InChI is InChI=1S/C22H23N7O2/c1-15-7-19(21(30)28-11-22(12-28)13-31-14-22)25-26-20(15)27-6-3-18-16(10-27)8-17(9-23-18)29-5-2-4-24-29/h2,4-5,7-9H,3,6,10-14H2,1H3. The van der Waals surface area contributed by atoms with E-state index in [0.717, 1.165) is 67.6 Å². The van der Waals surface area contributed by atoms with Gasteiger partial charge < -0.3 is 14.5 Å². The molecule has 3 aromatic heterocycles. The van der Waals surface area contributed by atoms with Crippen LogP contribution in [-0.2, 0) is 17.7 Å². The van der Waals surface area contributed by atoms with Gasteiger partial charge in [-0.2, -0.15) is 5.10 Å². The number of aromatic nitrogens is 5. The summed E-state index contributed by atoms with van der Waals surface area (Å²) < 4.78 is 7.10.